The van der Waals surface area contributed by atoms with Gasteiger partial charge in [-0.15, -0.1) is 0 Å². The third-order valence-corrected chi connectivity index (χ3v) is 5.98. The van der Waals surface area contributed by atoms with E-state index in [0.717, 1.165) is 17.5 Å². The molecule has 0 fully saturated rings. The molecule has 0 aromatic heterocycles. The first-order valence-corrected chi connectivity index (χ1v) is 10.6. The summed E-state index contributed by atoms with van der Waals surface area (Å²) in [7, 11) is 0. The van der Waals surface area contributed by atoms with E-state index < -0.39 is 11.8 Å². The highest BCUT2D eigenvalue weighted by Crippen LogP contribution is 2.44. The predicted octanol–water partition coefficient (Wildman–Crippen LogP) is 3.40. The van der Waals surface area contributed by atoms with Gasteiger partial charge in [-0.25, -0.2) is 5.01 Å². The SMILES string of the molecule is CCc1ccc(C2C(C#N)=C(N)N(NC(=O)c3ccc(O)cc3)C3=C2C(=O)CCC3)cc1. The molecule has 0 spiro atoms. The minimum absolute atomic E-state index is 0.0417. The van der Waals surface area contributed by atoms with Crippen LogP contribution in [0.3, 0.4) is 0 Å². The van der Waals surface area contributed by atoms with Crippen molar-refractivity contribution in [2.24, 2.45) is 5.73 Å². The average Bonchev–Trinajstić information content (AvgIpc) is 2.81. The molecule has 0 bridgehead atoms. The van der Waals surface area contributed by atoms with Crippen LogP contribution < -0.4 is 11.2 Å². The summed E-state index contributed by atoms with van der Waals surface area (Å²) < 4.78 is 0. The second-order valence-electron chi connectivity index (χ2n) is 7.90. The number of carbonyl (C=O) groups excluding carboxylic acids is 2. The van der Waals surface area contributed by atoms with Gasteiger partial charge in [0.2, 0.25) is 0 Å². The number of amides is 1. The molecule has 1 aliphatic carbocycles. The number of benzene rings is 2. The number of rotatable bonds is 4. The van der Waals surface area contributed by atoms with E-state index in [1.165, 1.54) is 29.3 Å². The number of nitrogens with one attached hydrogen (secondary N) is 1. The van der Waals surface area contributed by atoms with Gasteiger partial charge in [0.25, 0.3) is 5.91 Å². The van der Waals surface area contributed by atoms with E-state index in [-0.39, 0.29) is 22.9 Å². The number of allylic oxidation sites excluding steroid dienone is 3. The number of nitriles is 1. The number of aryl methyl sites for hydroxylation is 1. The number of aromatic hydroxyl groups is 1. The lowest BCUT2D eigenvalue weighted by atomic mass is 9.76. The molecule has 4 N–H and O–H groups in total. The van der Waals surface area contributed by atoms with Gasteiger partial charge < -0.3 is 10.8 Å². The lowest BCUT2D eigenvalue weighted by Gasteiger charge is -2.39. The van der Waals surface area contributed by atoms with Crippen molar-refractivity contribution in [3.05, 3.63) is 87.9 Å². The predicted molar refractivity (Wildman–Crippen MR) is 119 cm³/mol. The van der Waals surface area contributed by atoms with E-state index in [9.17, 15) is 20.0 Å². The molecule has 162 valence electrons. The first-order valence-electron chi connectivity index (χ1n) is 10.6. The van der Waals surface area contributed by atoms with Crippen LogP contribution in [0.5, 0.6) is 5.75 Å². The van der Waals surface area contributed by atoms with Gasteiger partial charge in [0.1, 0.15) is 11.6 Å². The number of hydrazine groups is 1. The molecule has 1 heterocycles. The van der Waals surface area contributed by atoms with Gasteiger partial charge in [0.05, 0.1) is 17.6 Å². The standard InChI is InChI=1S/C25H24N4O3/c1-2-15-6-8-16(9-7-15)22-19(14-26)24(27)29(20-4-3-5-21(31)23(20)22)28-25(32)17-10-12-18(30)13-11-17/h6-13,22,30H,2-5,27H2,1H3,(H,28,32). The van der Waals surface area contributed by atoms with Crippen molar-refractivity contribution in [2.45, 2.75) is 38.5 Å². The molecule has 4 rings (SSSR count). The number of nitrogens with zero attached hydrogens (tertiary/aromatic N) is 2. The summed E-state index contributed by atoms with van der Waals surface area (Å²) >= 11 is 0. The number of ketones is 1. The molecule has 0 saturated heterocycles. The Hall–Kier alpha value is -4.05. The molecule has 2 aliphatic rings. The zero-order valence-electron chi connectivity index (χ0n) is 17.8. The molecule has 0 saturated carbocycles. The van der Waals surface area contributed by atoms with Crippen LogP contribution in [-0.4, -0.2) is 21.8 Å². The van der Waals surface area contributed by atoms with Crippen molar-refractivity contribution >= 4 is 11.7 Å². The molecule has 1 atom stereocenters. The molecule has 2 aromatic carbocycles. The van der Waals surface area contributed by atoms with E-state index in [0.29, 0.717) is 36.1 Å². The Morgan fingerprint density at radius 2 is 1.88 bits per heavy atom. The van der Waals surface area contributed by atoms with Crippen LogP contribution in [0.1, 0.15) is 53.6 Å². The molecule has 2 aromatic rings. The largest absolute Gasteiger partial charge is 0.508 e. The van der Waals surface area contributed by atoms with Crippen molar-refractivity contribution < 1.29 is 14.7 Å². The van der Waals surface area contributed by atoms with Crippen LogP contribution in [0, 0.1) is 11.3 Å². The first kappa shape index (κ1) is 21.2. The summed E-state index contributed by atoms with van der Waals surface area (Å²) in [6.45, 7) is 2.06. The average molecular weight is 428 g/mol. The van der Waals surface area contributed by atoms with Crippen molar-refractivity contribution in [1.29, 1.82) is 5.26 Å². The number of carbonyl (C=O) groups is 2. The fraction of sp³-hybridized carbons (Fsp3) is 0.240. The molecule has 1 unspecified atom stereocenters. The minimum Gasteiger partial charge on any atom is -0.508 e. The third-order valence-electron chi connectivity index (χ3n) is 5.98. The number of hydrogen-bond donors (Lipinski definition) is 3. The summed E-state index contributed by atoms with van der Waals surface area (Å²) in [4.78, 5) is 25.9. The van der Waals surface area contributed by atoms with Crippen LogP contribution in [0.4, 0.5) is 0 Å². The lowest BCUT2D eigenvalue weighted by molar-refractivity contribution is -0.116. The quantitative estimate of drug-likeness (QED) is 0.687. The van der Waals surface area contributed by atoms with Crippen LogP contribution in [0.2, 0.25) is 0 Å². The molecule has 7 nitrogen and oxygen atoms in total. The Balaban J connectivity index is 1.78. The van der Waals surface area contributed by atoms with Gasteiger partial charge in [0, 0.05) is 23.3 Å². The molecular weight excluding hydrogens is 404 g/mol. The zero-order valence-corrected chi connectivity index (χ0v) is 17.8. The summed E-state index contributed by atoms with van der Waals surface area (Å²) in [6.07, 6.45) is 2.47. The molecule has 32 heavy (non-hydrogen) atoms. The monoisotopic (exact) mass is 428 g/mol. The number of hydrogen-bond acceptors (Lipinski definition) is 6. The summed E-state index contributed by atoms with van der Waals surface area (Å²) in [6, 6.07) is 15.8. The van der Waals surface area contributed by atoms with Gasteiger partial charge in [-0.05, 0) is 54.7 Å². The first-order chi connectivity index (χ1) is 15.4. The maximum atomic E-state index is 13.0. The summed E-state index contributed by atoms with van der Waals surface area (Å²) in [5.41, 5.74) is 12.8. The van der Waals surface area contributed by atoms with Gasteiger partial charge in [0.15, 0.2) is 5.78 Å². The zero-order chi connectivity index (χ0) is 22.8. The summed E-state index contributed by atoms with van der Waals surface area (Å²) in [5.74, 6) is -0.903. The van der Waals surface area contributed by atoms with Crippen LogP contribution in [0.25, 0.3) is 0 Å². The van der Waals surface area contributed by atoms with Gasteiger partial charge >= 0.3 is 0 Å². The Morgan fingerprint density at radius 3 is 2.50 bits per heavy atom. The van der Waals surface area contributed by atoms with Gasteiger partial charge in [-0.1, -0.05) is 31.2 Å². The topological polar surface area (TPSA) is 119 Å². The van der Waals surface area contributed by atoms with Gasteiger partial charge in [-0.2, -0.15) is 5.26 Å². The molecule has 0 radical (unpaired) electrons. The highest BCUT2D eigenvalue weighted by Gasteiger charge is 2.40. The van der Waals surface area contributed by atoms with E-state index >= 15 is 0 Å². The van der Waals surface area contributed by atoms with Crippen molar-refractivity contribution in [1.82, 2.24) is 10.4 Å². The smallest absolute Gasteiger partial charge is 0.270 e. The van der Waals surface area contributed by atoms with Crippen molar-refractivity contribution in [3.63, 3.8) is 0 Å². The van der Waals surface area contributed by atoms with Crippen LogP contribution >= 0.6 is 0 Å². The third kappa shape index (κ3) is 3.71. The highest BCUT2D eigenvalue weighted by atomic mass is 16.3. The molecule has 7 heteroatoms. The van der Waals surface area contributed by atoms with E-state index in [2.05, 4.69) is 18.4 Å². The number of phenolic OH excluding ortho intramolecular Hbond substituents is 1. The number of nitrogens with two attached hydrogens (primary N) is 1. The normalized spacial score (nSPS) is 18.3. The van der Waals surface area contributed by atoms with Crippen molar-refractivity contribution in [2.75, 3.05) is 0 Å². The fourth-order valence-corrected chi connectivity index (χ4v) is 4.27. The van der Waals surface area contributed by atoms with Crippen molar-refractivity contribution in [3.8, 4) is 11.8 Å². The maximum Gasteiger partial charge on any atom is 0.270 e. The fourth-order valence-electron chi connectivity index (χ4n) is 4.27. The lowest BCUT2D eigenvalue weighted by Crippen LogP contribution is -2.48. The second kappa shape index (κ2) is 8.60. The Labute approximate surface area is 186 Å². The molecule has 1 aliphatic heterocycles. The summed E-state index contributed by atoms with van der Waals surface area (Å²) in [5, 5.41) is 20.8. The minimum atomic E-state index is -0.560. The van der Waals surface area contributed by atoms with E-state index in [1.807, 2.05) is 24.3 Å². The number of phenols is 1. The Morgan fingerprint density at radius 1 is 1.19 bits per heavy atom. The Kier molecular flexibility index (Phi) is 5.69. The molecular formula is C25H24N4O3. The van der Waals surface area contributed by atoms with Crippen LogP contribution in [0.15, 0.2) is 71.2 Å². The van der Waals surface area contributed by atoms with E-state index in [1.54, 1.807) is 0 Å². The second-order valence-corrected chi connectivity index (χ2v) is 7.90. The maximum absolute atomic E-state index is 13.0. The number of Topliss-reactive ketones (excluding diaryl/α,β-unsaturated/α-hetero) is 1. The highest BCUT2D eigenvalue weighted by molar-refractivity contribution is 6.00. The van der Waals surface area contributed by atoms with Crippen LogP contribution in [-0.2, 0) is 11.2 Å². The van der Waals surface area contributed by atoms with E-state index in [4.69, 9.17) is 5.73 Å². The molecule has 1 amide bonds. The Bertz CT molecular complexity index is 1170. The van der Waals surface area contributed by atoms with Gasteiger partial charge in [-0.3, -0.25) is 15.0 Å².